The Morgan fingerprint density at radius 2 is 2.33 bits per heavy atom. The molecular weight excluding hydrogens is 240 g/mol. The molecule has 4 atom stereocenters. The number of nitrogens with zero attached hydrogens (tertiary/aromatic N) is 1. The molecule has 2 bridgehead atoms. The average Bonchev–Trinajstić information content (AvgIpc) is 3.05. The van der Waals surface area contributed by atoms with Crippen molar-refractivity contribution in [2.24, 2.45) is 17.8 Å². The molecule has 0 saturated heterocycles. The topological polar surface area (TPSA) is 24.9 Å². The van der Waals surface area contributed by atoms with Crippen molar-refractivity contribution in [2.75, 3.05) is 6.54 Å². The average molecular weight is 264 g/mol. The van der Waals surface area contributed by atoms with Gasteiger partial charge < -0.3 is 5.32 Å². The van der Waals surface area contributed by atoms with Crippen LogP contribution in [0, 0.1) is 24.7 Å². The highest BCUT2D eigenvalue weighted by Gasteiger charge is 2.42. The molecule has 100 valence electrons. The first-order valence-electron chi connectivity index (χ1n) is 7.40. The summed E-state index contributed by atoms with van der Waals surface area (Å²) in [4.78, 5) is 4.64. The molecule has 3 heteroatoms. The van der Waals surface area contributed by atoms with E-state index in [2.05, 4.69) is 29.5 Å². The zero-order chi connectivity index (χ0) is 12.5. The number of hydrogen-bond acceptors (Lipinski definition) is 3. The summed E-state index contributed by atoms with van der Waals surface area (Å²) >= 11 is 1.83. The summed E-state index contributed by atoms with van der Waals surface area (Å²) in [5, 5.41) is 7.23. The first-order valence-corrected chi connectivity index (χ1v) is 8.28. The zero-order valence-corrected chi connectivity index (χ0v) is 12.3. The van der Waals surface area contributed by atoms with Crippen LogP contribution in [0.1, 0.15) is 43.3 Å². The number of rotatable bonds is 5. The van der Waals surface area contributed by atoms with E-state index in [9.17, 15) is 0 Å². The first kappa shape index (κ1) is 12.6. The summed E-state index contributed by atoms with van der Waals surface area (Å²) in [6.07, 6.45) is 7.08. The summed E-state index contributed by atoms with van der Waals surface area (Å²) in [7, 11) is 0. The lowest BCUT2D eigenvalue weighted by Crippen LogP contribution is -2.40. The Morgan fingerprint density at radius 3 is 2.89 bits per heavy atom. The van der Waals surface area contributed by atoms with Crippen molar-refractivity contribution in [3.63, 3.8) is 0 Å². The smallest absolute Gasteiger partial charge is 0.0943 e. The van der Waals surface area contributed by atoms with Crippen LogP contribution in [-0.4, -0.2) is 17.6 Å². The van der Waals surface area contributed by atoms with E-state index in [1.54, 1.807) is 0 Å². The fourth-order valence-corrected chi connectivity index (χ4v) is 4.94. The lowest BCUT2D eigenvalue weighted by atomic mass is 9.82. The quantitative estimate of drug-likeness (QED) is 0.881. The number of thiazole rings is 1. The van der Waals surface area contributed by atoms with Gasteiger partial charge in [0.15, 0.2) is 0 Å². The molecule has 0 radical (unpaired) electrons. The van der Waals surface area contributed by atoms with E-state index in [4.69, 9.17) is 0 Å². The van der Waals surface area contributed by atoms with Gasteiger partial charge in [0.05, 0.1) is 5.01 Å². The summed E-state index contributed by atoms with van der Waals surface area (Å²) in [6, 6.07) is 0.663. The molecule has 3 rings (SSSR count). The van der Waals surface area contributed by atoms with E-state index in [0.717, 1.165) is 30.7 Å². The van der Waals surface area contributed by atoms with Crippen molar-refractivity contribution in [3.8, 4) is 0 Å². The van der Waals surface area contributed by atoms with E-state index in [0.29, 0.717) is 6.04 Å². The lowest BCUT2D eigenvalue weighted by Gasteiger charge is -2.30. The Labute approximate surface area is 114 Å². The van der Waals surface area contributed by atoms with Gasteiger partial charge in [0, 0.05) is 23.5 Å². The number of aryl methyl sites for hydroxylation is 1. The van der Waals surface area contributed by atoms with Crippen molar-refractivity contribution in [2.45, 2.75) is 52.0 Å². The molecule has 0 spiro atoms. The standard InChI is InChI=1S/C15H24N2S/c1-3-16-14(8-15-17-10(2)9-18-15)13-7-11-4-5-12(13)6-11/h9,11-14,16H,3-8H2,1-2H3. The summed E-state index contributed by atoms with van der Waals surface area (Å²) in [6.45, 7) is 5.41. The molecule has 4 unspecified atom stereocenters. The van der Waals surface area contributed by atoms with Crippen LogP contribution < -0.4 is 5.32 Å². The van der Waals surface area contributed by atoms with Crippen molar-refractivity contribution in [1.29, 1.82) is 0 Å². The summed E-state index contributed by atoms with van der Waals surface area (Å²) < 4.78 is 0. The fourth-order valence-electron chi connectivity index (χ4n) is 4.11. The molecule has 1 N–H and O–H groups in total. The van der Waals surface area contributed by atoms with Gasteiger partial charge in [0.25, 0.3) is 0 Å². The zero-order valence-electron chi connectivity index (χ0n) is 11.5. The highest BCUT2D eigenvalue weighted by Crippen LogP contribution is 2.49. The minimum atomic E-state index is 0.663. The van der Waals surface area contributed by atoms with E-state index >= 15 is 0 Å². The van der Waals surface area contributed by atoms with Crippen molar-refractivity contribution >= 4 is 11.3 Å². The number of hydrogen-bond donors (Lipinski definition) is 1. The minimum Gasteiger partial charge on any atom is -0.314 e. The van der Waals surface area contributed by atoms with Gasteiger partial charge in [-0.15, -0.1) is 11.3 Å². The SMILES string of the molecule is CCNC(Cc1nc(C)cs1)C1CC2CCC1C2. The fraction of sp³-hybridized carbons (Fsp3) is 0.800. The molecule has 1 heterocycles. The highest BCUT2D eigenvalue weighted by molar-refractivity contribution is 7.09. The Kier molecular flexibility index (Phi) is 3.71. The van der Waals surface area contributed by atoms with Crippen LogP contribution >= 0.6 is 11.3 Å². The predicted octanol–water partition coefficient (Wildman–Crippen LogP) is 3.41. The van der Waals surface area contributed by atoms with Crippen LogP contribution in [-0.2, 0) is 6.42 Å². The van der Waals surface area contributed by atoms with Crippen LogP contribution in [0.25, 0.3) is 0 Å². The molecule has 2 nitrogen and oxygen atoms in total. The number of nitrogens with one attached hydrogen (secondary N) is 1. The third-order valence-electron chi connectivity index (χ3n) is 4.84. The van der Waals surface area contributed by atoms with Crippen LogP contribution in [0.2, 0.25) is 0 Å². The molecule has 2 saturated carbocycles. The van der Waals surface area contributed by atoms with Gasteiger partial charge in [-0.2, -0.15) is 0 Å². The molecule has 18 heavy (non-hydrogen) atoms. The van der Waals surface area contributed by atoms with Gasteiger partial charge in [-0.1, -0.05) is 13.3 Å². The van der Waals surface area contributed by atoms with Gasteiger partial charge in [-0.3, -0.25) is 0 Å². The third kappa shape index (κ3) is 2.48. The van der Waals surface area contributed by atoms with E-state index in [-0.39, 0.29) is 0 Å². The van der Waals surface area contributed by atoms with E-state index in [1.807, 2.05) is 11.3 Å². The number of likely N-dealkylation sites (N-methyl/N-ethyl adjacent to an activating group) is 1. The largest absolute Gasteiger partial charge is 0.314 e. The van der Waals surface area contributed by atoms with Gasteiger partial charge in [-0.05, 0) is 50.5 Å². The lowest BCUT2D eigenvalue weighted by molar-refractivity contribution is 0.249. The second-order valence-electron chi connectivity index (χ2n) is 6.09. The van der Waals surface area contributed by atoms with E-state index < -0.39 is 0 Å². The highest BCUT2D eigenvalue weighted by atomic mass is 32.1. The van der Waals surface area contributed by atoms with Crippen molar-refractivity contribution in [1.82, 2.24) is 10.3 Å². The maximum Gasteiger partial charge on any atom is 0.0943 e. The molecule has 2 aliphatic carbocycles. The van der Waals surface area contributed by atoms with Crippen LogP contribution in [0.15, 0.2) is 5.38 Å². The van der Waals surface area contributed by atoms with Gasteiger partial charge in [0.1, 0.15) is 0 Å². The number of aromatic nitrogens is 1. The monoisotopic (exact) mass is 264 g/mol. The Balaban J connectivity index is 1.68. The predicted molar refractivity (Wildman–Crippen MR) is 77.0 cm³/mol. The summed E-state index contributed by atoms with van der Waals surface area (Å²) in [5.41, 5.74) is 1.18. The van der Waals surface area contributed by atoms with Crippen LogP contribution in [0.3, 0.4) is 0 Å². The maximum absolute atomic E-state index is 4.64. The summed E-state index contributed by atoms with van der Waals surface area (Å²) in [5.74, 6) is 2.95. The molecule has 0 aliphatic heterocycles. The van der Waals surface area contributed by atoms with Crippen LogP contribution in [0.4, 0.5) is 0 Å². The third-order valence-corrected chi connectivity index (χ3v) is 5.83. The minimum absolute atomic E-state index is 0.663. The molecule has 2 aliphatic rings. The molecule has 0 aromatic carbocycles. The van der Waals surface area contributed by atoms with Crippen molar-refractivity contribution in [3.05, 3.63) is 16.1 Å². The van der Waals surface area contributed by atoms with E-state index in [1.165, 1.54) is 36.4 Å². The molecular formula is C15H24N2S. The molecule has 1 aromatic rings. The second kappa shape index (κ2) is 5.30. The second-order valence-corrected chi connectivity index (χ2v) is 7.03. The van der Waals surface area contributed by atoms with Gasteiger partial charge in [-0.25, -0.2) is 4.98 Å². The van der Waals surface area contributed by atoms with Crippen molar-refractivity contribution < 1.29 is 0 Å². The van der Waals surface area contributed by atoms with Gasteiger partial charge in [0.2, 0.25) is 0 Å². The Morgan fingerprint density at radius 1 is 1.44 bits per heavy atom. The van der Waals surface area contributed by atoms with Crippen LogP contribution in [0.5, 0.6) is 0 Å². The molecule has 0 amide bonds. The Bertz CT molecular complexity index is 401. The normalized spacial score (nSPS) is 32.0. The molecule has 2 fully saturated rings. The molecule has 1 aromatic heterocycles. The Hall–Kier alpha value is -0.410. The maximum atomic E-state index is 4.64. The van der Waals surface area contributed by atoms with Gasteiger partial charge >= 0.3 is 0 Å². The number of fused-ring (bicyclic) bond motifs is 2. The first-order chi connectivity index (χ1) is 8.76.